The van der Waals surface area contributed by atoms with E-state index in [1.807, 2.05) is 84.9 Å². The number of hydrogen-bond donors (Lipinski definition) is 5. The van der Waals surface area contributed by atoms with E-state index >= 15 is 0 Å². The van der Waals surface area contributed by atoms with Gasteiger partial charge < -0.3 is 36.1 Å². The average Bonchev–Trinajstić information content (AvgIpc) is 3.20. The Bertz CT molecular complexity index is 2060. The van der Waals surface area contributed by atoms with Crippen molar-refractivity contribution in [1.82, 2.24) is 5.32 Å². The summed E-state index contributed by atoms with van der Waals surface area (Å²) in [4.78, 5) is 37.5. The molecule has 6 N–H and O–H groups in total. The number of carbonyl (C=O) groups is 3. The molecule has 1 fully saturated rings. The number of aliphatic hydroxyl groups excluding tert-OH is 1. The van der Waals surface area contributed by atoms with Gasteiger partial charge in [-0.15, -0.1) is 11.8 Å². The van der Waals surface area contributed by atoms with E-state index in [4.69, 9.17) is 15.2 Å². The van der Waals surface area contributed by atoms with Crippen LogP contribution in [0.2, 0.25) is 0 Å². The van der Waals surface area contributed by atoms with E-state index in [-0.39, 0.29) is 49.0 Å². The number of benzene rings is 5. The number of hydrogen-bond acceptors (Lipinski definition) is 8. The summed E-state index contributed by atoms with van der Waals surface area (Å²) in [5, 5.41) is 25.0. The standard InChI is InChI=1S/C43H43N3O7S/c44-36-11-4-5-12-37(36)46-41(49)15-7-14-40(48)45-25-32-8-1-2-9-34(32)29-20-22-31(23-21-29)43-52-33(27-54-39-13-6-3-10-35(39)42(50)51)24-38(53-43)30-18-16-28(26-47)17-19-30/h1-6,8-13,16-23,33,38,43,47H,7,14-15,24-27,44H2,(H,45,48)(H,46,49)(H,50,51)/t33-,38+,43+/m0/s1. The SMILES string of the molecule is Nc1ccccc1NC(=O)CCCC(=O)NCc1ccccc1-c1ccc([C@@H]2O[C@H](CSc3ccccc3C(=O)O)C[C@H](c3ccc(CO)cc3)O2)cc1. The summed E-state index contributed by atoms with van der Waals surface area (Å²) in [6.45, 7) is 0.285. The van der Waals surface area contributed by atoms with Gasteiger partial charge in [-0.2, -0.15) is 0 Å². The quantitative estimate of drug-likeness (QED) is 0.0531. The maximum Gasteiger partial charge on any atom is 0.336 e. The van der Waals surface area contributed by atoms with Crippen molar-refractivity contribution < 1.29 is 34.1 Å². The van der Waals surface area contributed by atoms with E-state index in [2.05, 4.69) is 10.6 Å². The second-order valence-electron chi connectivity index (χ2n) is 13.0. The first-order chi connectivity index (χ1) is 26.3. The van der Waals surface area contributed by atoms with Crippen LogP contribution in [-0.4, -0.2) is 39.9 Å². The predicted molar refractivity (Wildman–Crippen MR) is 210 cm³/mol. The summed E-state index contributed by atoms with van der Waals surface area (Å²) in [5.74, 6) is -0.773. The normalized spacial score (nSPS) is 16.7. The molecule has 11 heteroatoms. The number of carboxylic acid groups (broad SMARTS) is 1. The van der Waals surface area contributed by atoms with Crippen LogP contribution >= 0.6 is 11.8 Å². The molecule has 0 aromatic heterocycles. The van der Waals surface area contributed by atoms with Crippen molar-refractivity contribution in [3.05, 3.63) is 149 Å². The third kappa shape index (κ3) is 10.1. The van der Waals surface area contributed by atoms with Crippen LogP contribution in [0.1, 0.15) is 70.7 Å². The molecule has 1 aliphatic heterocycles. The van der Waals surface area contributed by atoms with Gasteiger partial charge in [0.1, 0.15) is 0 Å². The zero-order chi connectivity index (χ0) is 37.9. The number of aromatic carboxylic acids is 1. The van der Waals surface area contributed by atoms with Crippen molar-refractivity contribution in [2.45, 2.75) is 62.2 Å². The molecule has 2 amide bonds. The number of para-hydroxylation sites is 2. The molecule has 1 saturated heterocycles. The zero-order valence-electron chi connectivity index (χ0n) is 29.7. The summed E-state index contributed by atoms with van der Waals surface area (Å²) >= 11 is 1.45. The number of nitrogens with two attached hydrogens (primary N) is 1. The highest BCUT2D eigenvalue weighted by molar-refractivity contribution is 7.99. The van der Waals surface area contributed by atoms with Crippen molar-refractivity contribution >= 4 is 40.9 Å². The molecule has 6 rings (SSSR count). The second-order valence-corrected chi connectivity index (χ2v) is 14.1. The molecule has 0 radical (unpaired) electrons. The third-order valence-electron chi connectivity index (χ3n) is 9.19. The highest BCUT2D eigenvalue weighted by Crippen LogP contribution is 2.40. The van der Waals surface area contributed by atoms with Crippen LogP contribution in [0.5, 0.6) is 0 Å². The van der Waals surface area contributed by atoms with Crippen LogP contribution < -0.4 is 16.4 Å². The first-order valence-corrected chi connectivity index (χ1v) is 18.8. The first-order valence-electron chi connectivity index (χ1n) is 17.8. The lowest BCUT2D eigenvalue weighted by Gasteiger charge is -2.36. The first kappa shape index (κ1) is 38.3. The molecule has 0 unspecified atom stereocenters. The largest absolute Gasteiger partial charge is 0.478 e. The minimum Gasteiger partial charge on any atom is -0.478 e. The molecule has 1 heterocycles. The van der Waals surface area contributed by atoms with E-state index in [0.29, 0.717) is 41.4 Å². The van der Waals surface area contributed by atoms with Crippen molar-refractivity contribution in [3.63, 3.8) is 0 Å². The molecule has 3 atom stereocenters. The Kier molecular flexibility index (Phi) is 13.1. The topological polar surface area (TPSA) is 160 Å². The minimum absolute atomic E-state index is 0.0478. The van der Waals surface area contributed by atoms with Gasteiger partial charge in [0.2, 0.25) is 11.8 Å². The van der Waals surface area contributed by atoms with Gasteiger partial charge in [-0.1, -0.05) is 97.1 Å². The lowest BCUT2D eigenvalue weighted by Crippen LogP contribution is -2.31. The molecule has 5 aromatic rings. The summed E-state index contributed by atoms with van der Waals surface area (Å²) < 4.78 is 13.0. The van der Waals surface area contributed by atoms with Gasteiger partial charge in [0.05, 0.1) is 35.8 Å². The summed E-state index contributed by atoms with van der Waals surface area (Å²) in [6.07, 6.45) is 0.212. The van der Waals surface area contributed by atoms with Gasteiger partial charge in [-0.05, 0) is 58.5 Å². The second kappa shape index (κ2) is 18.5. The van der Waals surface area contributed by atoms with Crippen LogP contribution in [0.15, 0.2) is 126 Å². The number of ether oxygens (including phenoxy) is 2. The molecule has 1 aliphatic rings. The fourth-order valence-corrected chi connectivity index (χ4v) is 7.33. The Morgan fingerprint density at radius 3 is 2.22 bits per heavy atom. The number of amides is 2. The number of nitrogen functional groups attached to an aromatic ring is 1. The zero-order valence-corrected chi connectivity index (χ0v) is 30.5. The molecule has 0 saturated carbocycles. The summed E-state index contributed by atoms with van der Waals surface area (Å²) in [6, 6.07) is 37.5. The maximum atomic E-state index is 12.7. The van der Waals surface area contributed by atoms with Gasteiger partial charge >= 0.3 is 5.97 Å². The number of nitrogens with one attached hydrogen (secondary N) is 2. The Morgan fingerprint density at radius 2 is 1.46 bits per heavy atom. The predicted octanol–water partition coefficient (Wildman–Crippen LogP) is 7.89. The lowest BCUT2D eigenvalue weighted by atomic mass is 9.97. The molecular formula is C43H43N3O7S. The van der Waals surface area contributed by atoms with E-state index in [0.717, 1.165) is 33.4 Å². The molecule has 54 heavy (non-hydrogen) atoms. The number of thioether (sulfide) groups is 1. The number of aliphatic hydroxyl groups is 1. The molecule has 10 nitrogen and oxygen atoms in total. The molecule has 5 aromatic carbocycles. The van der Waals surface area contributed by atoms with Crippen LogP contribution in [0.4, 0.5) is 11.4 Å². The van der Waals surface area contributed by atoms with Gasteiger partial charge in [0.25, 0.3) is 0 Å². The molecular weight excluding hydrogens is 703 g/mol. The number of rotatable bonds is 15. The Morgan fingerprint density at radius 1 is 0.778 bits per heavy atom. The highest BCUT2D eigenvalue weighted by Gasteiger charge is 2.32. The van der Waals surface area contributed by atoms with Crippen molar-refractivity contribution in [2.75, 3.05) is 16.8 Å². The van der Waals surface area contributed by atoms with Crippen LogP contribution in [-0.2, 0) is 32.2 Å². The van der Waals surface area contributed by atoms with Gasteiger partial charge in [-0.3, -0.25) is 9.59 Å². The average molecular weight is 746 g/mol. The Balaban J connectivity index is 1.09. The third-order valence-corrected chi connectivity index (χ3v) is 10.4. The Labute approximate surface area is 318 Å². The monoisotopic (exact) mass is 745 g/mol. The van der Waals surface area contributed by atoms with Gasteiger partial charge in [0, 0.05) is 42.0 Å². The van der Waals surface area contributed by atoms with E-state index < -0.39 is 12.3 Å². The fraction of sp³-hybridized carbons (Fsp3) is 0.233. The van der Waals surface area contributed by atoms with Crippen molar-refractivity contribution in [3.8, 4) is 11.1 Å². The van der Waals surface area contributed by atoms with Crippen LogP contribution in [0.25, 0.3) is 11.1 Å². The number of carbonyl (C=O) groups excluding carboxylic acids is 2. The van der Waals surface area contributed by atoms with Crippen LogP contribution in [0.3, 0.4) is 0 Å². The van der Waals surface area contributed by atoms with E-state index in [1.54, 1.807) is 36.4 Å². The lowest BCUT2D eigenvalue weighted by molar-refractivity contribution is -0.245. The molecule has 0 aliphatic carbocycles. The van der Waals surface area contributed by atoms with Crippen molar-refractivity contribution in [1.29, 1.82) is 0 Å². The van der Waals surface area contributed by atoms with E-state index in [1.165, 1.54) is 11.8 Å². The van der Waals surface area contributed by atoms with Crippen LogP contribution in [0, 0.1) is 0 Å². The smallest absolute Gasteiger partial charge is 0.336 e. The van der Waals surface area contributed by atoms with E-state index in [9.17, 15) is 24.6 Å². The summed E-state index contributed by atoms with van der Waals surface area (Å²) in [7, 11) is 0. The fourth-order valence-electron chi connectivity index (χ4n) is 6.27. The molecule has 278 valence electrons. The highest BCUT2D eigenvalue weighted by atomic mass is 32.2. The number of carboxylic acids is 1. The Hall–Kier alpha value is -5.46. The van der Waals surface area contributed by atoms with Crippen molar-refractivity contribution in [2.24, 2.45) is 0 Å². The molecule has 0 spiro atoms. The van der Waals surface area contributed by atoms with Gasteiger partial charge in [-0.25, -0.2) is 4.79 Å². The maximum absolute atomic E-state index is 12.7. The van der Waals surface area contributed by atoms with Gasteiger partial charge in [0.15, 0.2) is 6.29 Å². The summed E-state index contributed by atoms with van der Waals surface area (Å²) in [5.41, 5.74) is 12.7. The number of anilines is 2. The molecule has 0 bridgehead atoms. The minimum atomic E-state index is -0.970.